The van der Waals surface area contributed by atoms with Gasteiger partial charge in [-0.1, -0.05) is 36.5 Å². The largest absolute Gasteiger partial charge is 0.389 e. The highest BCUT2D eigenvalue weighted by Gasteiger charge is 2.12. The van der Waals surface area contributed by atoms with E-state index in [9.17, 15) is 4.39 Å². The van der Waals surface area contributed by atoms with Gasteiger partial charge in [0.2, 0.25) is 0 Å². The van der Waals surface area contributed by atoms with Crippen LogP contribution < -0.4 is 10.6 Å². The number of aryl methyl sites for hydroxylation is 1. The fraction of sp³-hybridized carbons (Fsp3) is 0.188. The number of hydrogen-bond donors (Lipinski definition) is 1. The maximum atomic E-state index is 13.3. The van der Waals surface area contributed by atoms with Crippen LogP contribution in [0.25, 0.3) is 0 Å². The lowest BCUT2D eigenvalue weighted by Crippen LogP contribution is -2.22. The van der Waals surface area contributed by atoms with Gasteiger partial charge in [-0.2, -0.15) is 0 Å². The van der Waals surface area contributed by atoms with Crippen LogP contribution in [-0.4, -0.2) is 12.0 Å². The van der Waals surface area contributed by atoms with Crippen LogP contribution in [0.4, 0.5) is 10.1 Å². The molecule has 20 heavy (non-hydrogen) atoms. The van der Waals surface area contributed by atoms with Gasteiger partial charge in [0.15, 0.2) is 0 Å². The number of halogens is 1. The third-order valence-corrected chi connectivity index (χ3v) is 3.52. The first-order chi connectivity index (χ1) is 9.49. The summed E-state index contributed by atoms with van der Waals surface area (Å²) in [6.45, 7) is 2.79. The summed E-state index contributed by atoms with van der Waals surface area (Å²) in [7, 11) is 1.95. The van der Waals surface area contributed by atoms with E-state index in [-0.39, 0.29) is 10.8 Å². The first kappa shape index (κ1) is 14.5. The van der Waals surface area contributed by atoms with Gasteiger partial charge in [0.1, 0.15) is 10.8 Å². The van der Waals surface area contributed by atoms with E-state index < -0.39 is 0 Å². The van der Waals surface area contributed by atoms with Gasteiger partial charge in [-0.05, 0) is 36.2 Å². The molecule has 0 fully saturated rings. The smallest absolute Gasteiger partial charge is 0.124 e. The molecule has 0 radical (unpaired) electrons. The second-order valence-corrected chi connectivity index (χ2v) is 5.25. The maximum Gasteiger partial charge on any atom is 0.124 e. The summed E-state index contributed by atoms with van der Waals surface area (Å²) in [5.74, 6) is -0.333. The Kier molecular flexibility index (Phi) is 4.35. The van der Waals surface area contributed by atoms with Gasteiger partial charge in [0, 0.05) is 24.8 Å². The summed E-state index contributed by atoms with van der Waals surface area (Å²) in [6.07, 6.45) is 0. The molecule has 0 atom stereocenters. The lowest BCUT2D eigenvalue weighted by atomic mass is 10.1. The molecule has 0 saturated heterocycles. The van der Waals surface area contributed by atoms with Crippen molar-refractivity contribution in [1.29, 1.82) is 0 Å². The number of rotatable bonds is 4. The molecule has 0 aliphatic heterocycles. The third kappa shape index (κ3) is 3.14. The zero-order valence-corrected chi connectivity index (χ0v) is 12.4. The number of hydrogen-bond acceptors (Lipinski definition) is 2. The summed E-state index contributed by atoms with van der Waals surface area (Å²) in [4.78, 5) is 2.23. The Bertz CT molecular complexity index is 640. The quantitative estimate of drug-likeness (QED) is 0.874. The van der Waals surface area contributed by atoms with Gasteiger partial charge in [0.25, 0.3) is 0 Å². The molecule has 2 nitrogen and oxygen atoms in total. The molecule has 4 heteroatoms. The second kappa shape index (κ2) is 6.01. The van der Waals surface area contributed by atoms with Crippen molar-refractivity contribution in [2.24, 2.45) is 5.73 Å². The number of thiocarbonyl (C=S) groups is 1. The molecule has 2 N–H and O–H groups in total. The van der Waals surface area contributed by atoms with Crippen molar-refractivity contribution in [1.82, 2.24) is 0 Å². The molecular formula is C16H17FN2S. The van der Waals surface area contributed by atoms with E-state index in [2.05, 4.69) is 19.1 Å². The number of nitrogens with two attached hydrogens (primary N) is 1. The highest BCUT2D eigenvalue weighted by Crippen LogP contribution is 2.23. The molecule has 0 heterocycles. The topological polar surface area (TPSA) is 29.3 Å². The molecule has 2 rings (SSSR count). The van der Waals surface area contributed by atoms with Crippen molar-refractivity contribution < 1.29 is 4.39 Å². The van der Waals surface area contributed by atoms with Crippen molar-refractivity contribution in [3.8, 4) is 0 Å². The molecule has 0 aliphatic rings. The van der Waals surface area contributed by atoms with Gasteiger partial charge in [-0.3, -0.25) is 0 Å². The van der Waals surface area contributed by atoms with E-state index >= 15 is 0 Å². The predicted octanol–water partition coefficient (Wildman–Crippen LogP) is 3.40. The lowest BCUT2D eigenvalue weighted by molar-refractivity contribution is 0.627. The van der Waals surface area contributed by atoms with E-state index in [1.807, 2.05) is 24.1 Å². The number of benzene rings is 2. The normalized spacial score (nSPS) is 10.3. The molecule has 2 aromatic carbocycles. The summed E-state index contributed by atoms with van der Waals surface area (Å²) in [5, 5.41) is 0. The number of anilines is 1. The summed E-state index contributed by atoms with van der Waals surface area (Å²) >= 11 is 5.00. The first-order valence-electron chi connectivity index (χ1n) is 6.34. The molecular weight excluding hydrogens is 271 g/mol. The second-order valence-electron chi connectivity index (χ2n) is 4.81. The Morgan fingerprint density at radius 3 is 2.60 bits per heavy atom. The Balaban J connectivity index is 2.32. The van der Waals surface area contributed by atoms with Crippen molar-refractivity contribution in [3.05, 3.63) is 65.0 Å². The van der Waals surface area contributed by atoms with Crippen LogP contribution >= 0.6 is 12.2 Å². The van der Waals surface area contributed by atoms with Crippen molar-refractivity contribution in [2.75, 3.05) is 11.9 Å². The molecule has 0 aromatic heterocycles. The zero-order valence-electron chi connectivity index (χ0n) is 11.6. The summed E-state index contributed by atoms with van der Waals surface area (Å²) in [6, 6.07) is 12.7. The summed E-state index contributed by atoms with van der Waals surface area (Å²) < 4.78 is 13.3. The van der Waals surface area contributed by atoms with Crippen LogP contribution in [-0.2, 0) is 6.54 Å². The van der Waals surface area contributed by atoms with Gasteiger partial charge >= 0.3 is 0 Å². The highest BCUT2D eigenvalue weighted by molar-refractivity contribution is 7.80. The van der Waals surface area contributed by atoms with E-state index in [0.29, 0.717) is 12.1 Å². The fourth-order valence-corrected chi connectivity index (χ4v) is 2.33. The molecule has 0 spiro atoms. The molecule has 0 saturated carbocycles. The lowest BCUT2D eigenvalue weighted by Gasteiger charge is -2.23. The zero-order chi connectivity index (χ0) is 14.7. The van der Waals surface area contributed by atoms with Gasteiger partial charge in [0.05, 0.1) is 0 Å². The van der Waals surface area contributed by atoms with Crippen LogP contribution in [0.15, 0.2) is 42.5 Å². The standard InChI is InChI=1S/C16H17FN2S/c1-11-5-3-4-6-12(11)10-19(2)15-8-7-13(17)9-14(15)16(18)20/h3-9H,10H2,1-2H3,(H2,18,20). The van der Waals surface area contributed by atoms with Crippen molar-refractivity contribution >= 4 is 22.9 Å². The molecule has 2 aromatic rings. The van der Waals surface area contributed by atoms with Gasteiger partial charge in [-0.25, -0.2) is 4.39 Å². The molecule has 0 amide bonds. The first-order valence-corrected chi connectivity index (χ1v) is 6.75. The van der Waals surface area contributed by atoms with Crippen molar-refractivity contribution in [3.63, 3.8) is 0 Å². The minimum absolute atomic E-state index is 0.205. The molecule has 104 valence electrons. The minimum Gasteiger partial charge on any atom is -0.389 e. The van der Waals surface area contributed by atoms with Crippen LogP contribution in [0.2, 0.25) is 0 Å². The van der Waals surface area contributed by atoms with Gasteiger partial charge in [-0.15, -0.1) is 0 Å². The van der Waals surface area contributed by atoms with Crippen LogP contribution in [0, 0.1) is 12.7 Å². The summed E-state index contributed by atoms with van der Waals surface area (Å²) in [5.41, 5.74) is 9.52. The van der Waals surface area contributed by atoms with E-state index in [1.165, 1.54) is 23.3 Å². The van der Waals surface area contributed by atoms with Gasteiger partial charge < -0.3 is 10.6 Å². The van der Waals surface area contributed by atoms with Crippen LogP contribution in [0.3, 0.4) is 0 Å². The third-order valence-electron chi connectivity index (χ3n) is 3.30. The fourth-order valence-electron chi connectivity index (χ4n) is 2.17. The number of nitrogens with zero attached hydrogens (tertiary/aromatic N) is 1. The average molecular weight is 288 g/mol. The van der Waals surface area contributed by atoms with Crippen LogP contribution in [0.1, 0.15) is 16.7 Å². The Morgan fingerprint density at radius 1 is 1.25 bits per heavy atom. The molecule has 0 unspecified atom stereocenters. The monoisotopic (exact) mass is 288 g/mol. The predicted molar refractivity (Wildman–Crippen MR) is 85.6 cm³/mol. The molecule has 0 bridgehead atoms. The SMILES string of the molecule is Cc1ccccc1CN(C)c1ccc(F)cc1C(N)=S. The average Bonchev–Trinajstić information content (AvgIpc) is 2.41. The van der Waals surface area contributed by atoms with E-state index in [0.717, 1.165) is 5.69 Å². The van der Waals surface area contributed by atoms with E-state index in [4.69, 9.17) is 18.0 Å². The Hall–Kier alpha value is -1.94. The minimum atomic E-state index is -0.333. The highest BCUT2D eigenvalue weighted by atomic mass is 32.1. The Labute approximate surface area is 124 Å². The molecule has 0 aliphatic carbocycles. The maximum absolute atomic E-state index is 13.3. The van der Waals surface area contributed by atoms with Crippen LogP contribution in [0.5, 0.6) is 0 Å². The Morgan fingerprint density at radius 2 is 1.95 bits per heavy atom. The van der Waals surface area contributed by atoms with Crippen molar-refractivity contribution in [2.45, 2.75) is 13.5 Å². The van der Waals surface area contributed by atoms with E-state index in [1.54, 1.807) is 6.07 Å².